The Bertz CT molecular complexity index is 418. The van der Waals surface area contributed by atoms with E-state index < -0.39 is 0 Å². The van der Waals surface area contributed by atoms with Gasteiger partial charge in [0.25, 0.3) is 0 Å². The van der Waals surface area contributed by atoms with E-state index in [-0.39, 0.29) is 0 Å². The summed E-state index contributed by atoms with van der Waals surface area (Å²) in [6, 6.07) is 11.2. The van der Waals surface area contributed by atoms with Gasteiger partial charge in [-0.25, -0.2) is 0 Å². The highest BCUT2D eigenvalue weighted by Gasteiger charge is 2.35. The predicted molar refractivity (Wildman–Crippen MR) is 80.4 cm³/mol. The van der Waals surface area contributed by atoms with Gasteiger partial charge in [0.15, 0.2) is 0 Å². The van der Waals surface area contributed by atoms with Crippen molar-refractivity contribution in [2.24, 2.45) is 0 Å². The summed E-state index contributed by atoms with van der Waals surface area (Å²) in [6.07, 6.45) is 8.37. The fourth-order valence-electron chi connectivity index (χ4n) is 3.50. The summed E-state index contributed by atoms with van der Waals surface area (Å²) in [7, 11) is 0. The fraction of sp³-hybridized carbons (Fsp3) is 0.529. The summed E-state index contributed by atoms with van der Waals surface area (Å²) in [6.45, 7) is 5.86. The van der Waals surface area contributed by atoms with Crippen molar-refractivity contribution in [3.05, 3.63) is 48.0 Å². The second-order valence-electron chi connectivity index (χ2n) is 5.89. The van der Waals surface area contributed by atoms with Crippen LogP contribution in [-0.2, 0) is 5.41 Å². The molecule has 1 saturated heterocycles. The van der Waals surface area contributed by atoms with Gasteiger partial charge in [-0.1, -0.05) is 42.5 Å². The molecule has 0 saturated carbocycles. The number of piperidine rings is 1. The van der Waals surface area contributed by atoms with E-state index in [9.17, 15) is 0 Å². The monoisotopic (exact) mass is 256 g/mol. The maximum Gasteiger partial charge on any atom is 0.0163 e. The van der Waals surface area contributed by atoms with Gasteiger partial charge in [0, 0.05) is 25.0 Å². The van der Waals surface area contributed by atoms with Gasteiger partial charge in [-0.3, -0.25) is 4.90 Å². The Balaban J connectivity index is 1.82. The van der Waals surface area contributed by atoms with Crippen LogP contribution in [0.1, 0.15) is 24.8 Å². The van der Waals surface area contributed by atoms with Crippen molar-refractivity contribution >= 4 is 0 Å². The van der Waals surface area contributed by atoms with Crippen molar-refractivity contribution < 1.29 is 0 Å². The molecule has 1 aromatic rings. The average molecular weight is 256 g/mol. The van der Waals surface area contributed by atoms with E-state index in [0.29, 0.717) is 5.41 Å². The Hall–Kier alpha value is -1.12. The van der Waals surface area contributed by atoms with Crippen molar-refractivity contribution in [3.63, 3.8) is 0 Å². The molecule has 0 aliphatic carbocycles. The standard InChI is InChI=1S/C17H24N2/c1-3-7-16(8-4-1)17(9-11-18-12-10-17)15-19-13-5-2-6-14-19/h1-5,7-8,18H,6,9-15H2. The van der Waals surface area contributed by atoms with E-state index in [1.54, 1.807) is 0 Å². The van der Waals surface area contributed by atoms with E-state index >= 15 is 0 Å². The molecular formula is C17H24N2. The Morgan fingerprint density at radius 2 is 1.84 bits per heavy atom. The highest BCUT2D eigenvalue weighted by Crippen LogP contribution is 2.34. The zero-order valence-corrected chi connectivity index (χ0v) is 11.6. The van der Waals surface area contributed by atoms with Gasteiger partial charge in [0.1, 0.15) is 0 Å². The molecule has 2 nitrogen and oxygen atoms in total. The molecule has 0 aromatic heterocycles. The van der Waals surface area contributed by atoms with Crippen LogP contribution in [0, 0.1) is 0 Å². The lowest BCUT2D eigenvalue weighted by Crippen LogP contribution is -2.48. The Kier molecular flexibility index (Phi) is 4.00. The summed E-state index contributed by atoms with van der Waals surface area (Å²) in [4.78, 5) is 2.62. The third-order valence-corrected chi connectivity index (χ3v) is 4.62. The third-order valence-electron chi connectivity index (χ3n) is 4.62. The maximum absolute atomic E-state index is 3.51. The summed E-state index contributed by atoms with van der Waals surface area (Å²) in [5.41, 5.74) is 1.89. The van der Waals surface area contributed by atoms with Crippen LogP contribution in [0.15, 0.2) is 42.5 Å². The first-order valence-corrected chi connectivity index (χ1v) is 7.53. The summed E-state index contributed by atoms with van der Waals surface area (Å²) < 4.78 is 0. The molecule has 1 fully saturated rings. The van der Waals surface area contributed by atoms with Crippen molar-refractivity contribution in [2.45, 2.75) is 24.7 Å². The van der Waals surface area contributed by atoms with Crippen LogP contribution in [-0.4, -0.2) is 37.6 Å². The van der Waals surface area contributed by atoms with E-state index in [1.165, 1.54) is 37.9 Å². The molecule has 2 aliphatic rings. The maximum atomic E-state index is 3.51. The van der Waals surface area contributed by atoms with Crippen LogP contribution in [0.25, 0.3) is 0 Å². The molecule has 19 heavy (non-hydrogen) atoms. The van der Waals surface area contributed by atoms with Crippen LogP contribution >= 0.6 is 0 Å². The van der Waals surface area contributed by atoms with Gasteiger partial charge in [0.2, 0.25) is 0 Å². The number of rotatable bonds is 3. The van der Waals surface area contributed by atoms with Crippen LogP contribution in [0.3, 0.4) is 0 Å². The Morgan fingerprint density at radius 3 is 2.53 bits per heavy atom. The molecule has 1 aromatic carbocycles. The molecule has 0 amide bonds. The highest BCUT2D eigenvalue weighted by molar-refractivity contribution is 5.27. The molecule has 1 N–H and O–H groups in total. The molecule has 2 heterocycles. The molecule has 0 spiro atoms. The van der Waals surface area contributed by atoms with Crippen molar-refractivity contribution in [3.8, 4) is 0 Å². The van der Waals surface area contributed by atoms with Crippen molar-refractivity contribution in [2.75, 3.05) is 32.7 Å². The summed E-state index contributed by atoms with van der Waals surface area (Å²) in [5.74, 6) is 0. The van der Waals surface area contributed by atoms with Gasteiger partial charge < -0.3 is 5.32 Å². The molecule has 2 aliphatic heterocycles. The van der Waals surface area contributed by atoms with E-state index in [1.807, 2.05) is 0 Å². The van der Waals surface area contributed by atoms with Gasteiger partial charge >= 0.3 is 0 Å². The molecular weight excluding hydrogens is 232 g/mol. The normalized spacial score (nSPS) is 23.4. The zero-order valence-electron chi connectivity index (χ0n) is 11.6. The highest BCUT2D eigenvalue weighted by atomic mass is 15.1. The number of benzene rings is 1. The van der Waals surface area contributed by atoms with Crippen LogP contribution in [0.5, 0.6) is 0 Å². The second kappa shape index (κ2) is 5.89. The summed E-state index contributed by atoms with van der Waals surface area (Å²) >= 11 is 0. The van der Waals surface area contributed by atoms with Crippen LogP contribution < -0.4 is 5.32 Å². The smallest absolute Gasteiger partial charge is 0.0163 e. The first-order chi connectivity index (χ1) is 9.39. The van der Waals surface area contributed by atoms with E-state index in [4.69, 9.17) is 0 Å². The number of nitrogens with one attached hydrogen (secondary N) is 1. The lowest BCUT2D eigenvalue weighted by Gasteiger charge is -2.42. The number of hydrogen-bond acceptors (Lipinski definition) is 2. The largest absolute Gasteiger partial charge is 0.317 e. The Labute approximate surface area is 116 Å². The molecule has 0 unspecified atom stereocenters. The quantitative estimate of drug-likeness (QED) is 0.836. The lowest BCUT2D eigenvalue weighted by atomic mass is 9.72. The molecule has 102 valence electrons. The molecule has 0 bridgehead atoms. The zero-order chi connectivity index (χ0) is 13.0. The molecule has 2 heteroatoms. The average Bonchev–Trinajstić information content (AvgIpc) is 2.50. The second-order valence-corrected chi connectivity index (χ2v) is 5.89. The Morgan fingerprint density at radius 1 is 1.05 bits per heavy atom. The SMILES string of the molecule is C1=CCN(CC2(c3ccccc3)CCNCC2)CC1. The van der Waals surface area contributed by atoms with Gasteiger partial charge in [-0.15, -0.1) is 0 Å². The van der Waals surface area contributed by atoms with E-state index in [2.05, 4.69) is 52.7 Å². The summed E-state index contributed by atoms with van der Waals surface area (Å²) in [5, 5.41) is 3.51. The lowest BCUT2D eigenvalue weighted by molar-refractivity contribution is 0.185. The third kappa shape index (κ3) is 2.90. The fourth-order valence-corrected chi connectivity index (χ4v) is 3.50. The van der Waals surface area contributed by atoms with Gasteiger partial charge in [-0.05, 0) is 37.9 Å². The first-order valence-electron chi connectivity index (χ1n) is 7.53. The van der Waals surface area contributed by atoms with E-state index in [0.717, 1.165) is 19.6 Å². The van der Waals surface area contributed by atoms with Gasteiger partial charge in [0.05, 0.1) is 0 Å². The first kappa shape index (κ1) is 12.9. The van der Waals surface area contributed by atoms with Crippen molar-refractivity contribution in [1.82, 2.24) is 10.2 Å². The number of nitrogens with zero attached hydrogens (tertiary/aromatic N) is 1. The molecule has 0 atom stereocenters. The predicted octanol–water partition coefficient (Wildman–Crippen LogP) is 2.57. The molecule has 3 rings (SSSR count). The van der Waals surface area contributed by atoms with Gasteiger partial charge in [-0.2, -0.15) is 0 Å². The topological polar surface area (TPSA) is 15.3 Å². The molecule has 0 radical (unpaired) electrons. The van der Waals surface area contributed by atoms with Crippen molar-refractivity contribution in [1.29, 1.82) is 0 Å². The minimum absolute atomic E-state index is 0.359. The minimum Gasteiger partial charge on any atom is -0.317 e. The van der Waals surface area contributed by atoms with Crippen LogP contribution in [0.4, 0.5) is 0 Å². The number of hydrogen-bond donors (Lipinski definition) is 1. The minimum atomic E-state index is 0.359. The van der Waals surface area contributed by atoms with Crippen LogP contribution in [0.2, 0.25) is 0 Å².